The molecule has 2 N–H and O–H groups in total. The van der Waals surface area contributed by atoms with E-state index in [1.54, 1.807) is 30.3 Å². The number of benzene rings is 2. The van der Waals surface area contributed by atoms with Crippen LogP contribution in [-0.4, -0.2) is 22.5 Å². The highest BCUT2D eigenvalue weighted by atomic mass is 16.4. The van der Waals surface area contributed by atoms with E-state index >= 15 is 0 Å². The Kier molecular flexibility index (Phi) is 3.10. The van der Waals surface area contributed by atoms with Gasteiger partial charge in [0, 0.05) is 5.56 Å². The summed E-state index contributed by atoms with van der Waals surface area (Å²) < 4.78 is 0. The van der Waals surface area contributed by atoms with Gasteiger partial charge < -0.3 is 10.2 Å². The number of hydrogen-bond acceptors (Lipinski definition) is 3. The summed E-state index contributed by atoms with van der Waals surface area (Å²) in [6.07, 6.45) is 0.731. The molecule has 0 radical (unpaired) electrons. The Morgan fingerprint density at radius 2 is 1.78 bits per heavy atom. The van der Waals surface area contributed by atoms with Gasteiger partial charge >= 0.3 is 5.97 Å². The van der Waals surface area contributed by atoms with E-state index in [1.807, 2.05) is 0 Å². The molecule has 0 amide bonds. The number of aromatic carboxylic acids is 1. The predicted octanol–water partition coefficient (Wildman–Crippen LogP) is 2.57. The molecule has 0 bridgehead atoms. The number of carboxylic acids is 1. The van der Waals surface area contributed by atoms with E-state index in [-0.39, 0.29) is 11.3 Å². The lowest BCUT2D eigenvalue weighted by molar-refractivity contribution is 0.0693. The van der Waals surface area contributed by atoms with Gasteiger partial charge in [-0.2, -0.15) is 0 Å². The second-order valence-corrected chi connectivity index (χ2v) is 3.78. The van der Waals surface area contributed by atoms with Crippen LogP contribution in [-0.2, 0) is 0 Å². The fourth-order valence-corrected chi connectivity index (χ4v) is 1.68. The number of hydrogen-bond donors (Lipinski definition) is 2. The average molecular weight is 242 g/mol. The van der Waals surface area contributed by atoms with Crippen molar-refractivity contribution >= 4 is 12.3 Å². The van der Waals surface area contributed by atoms with Gasteiger partial charge in [-0.3, -0.25) is 4.79 Å². The first-order chi connectivity index (χ1) is 8.61. The van der Waals surface area contributed by atoms with Gasteiger partial charge in [0.05, 0.1) is 0 Å². The van der Waals surface area contributed by atoms with Crippen LogP contribution in [0.25, 0.3) is 11.1 Å². The molecular weight excluding hydrogens is 232 g/mol. The number of aldehydes is 1. The number of aromatic hydroxyl groups is 1. The molecule has 2 aromatic rings. The quantitative estimate of drug-likeness (QED) is 0.811. The van der Waals surface area contributed by atoms with Crippen molar-refractivity contribution in [2.24, 2.45) is 0 Å². The molecule has 90 valence electrons. The van der Waals surface area contributed by atoms with Gasteiger partial charge in [0.1, 0.15) is 17.6 Å². The van der Waals surface area contributed by atoms with E-state index in [0.717, 1.165) is 11.8 Å². The minimum atomic E-state index is -1.18. The standard InChI is InChI=1S/C14H10O4/c15-8-9-2-1-3-10(6-9)11-4-5-12(14(17)18)13(16)7-11/h1-8,16H,(H,17,18). The maximum Gasteiger partial charge on any atom is 0.339 e. The Labute approximate surface area is 103 Å². The highest BCUT2D eigenvalue weighted by Crippen LogP contribution is 2.26. The van der Waals surface area contributed by atoms with E-state index in [1.165, 1.54) is 12.1 Å². The first-order valence-corrected chi connectivity index (χ1v) is 5.24. The van der Waals surface area contributed by atoms with Crippen molar-refractivity contribution < 1.29 is 19.8 Å². The number of carboxylic acid groups (broad SMARTS) is 1. The van der Waals surface area contributed by atoms with Crippen LogP contribution in [0.1, 0.15) is 20.7 Å². The minimum absolute atomic E-state index is 0.148. The Morgan fingerprint density at radius 1 is 1.06 bits per heavy atom. The first-order valence-electron chi connectivity index (χ1n) is 5.24. The highest BCUT2D eigenvalue weighted by Gasteiger charge is 2.10. The maximum absolute atomic E-state index is 10.8. The summed E-state index contributed by atoms with van der Waals surface area (Å²) in [5.41, 5.74) is 1.77. The molecule has 0 spiro atoms. The third kappa shape index (κ3) is 2.22. The van der Waals surface area contributed by atoms with Crippen molar-refractivity contribution in [1.29, 1.82) is 0 Å². The summed E-state index contributed by atoms with van der Waals surface area (Å²) in [5, 5.41) is 18.4. The molecule has 0 heterocycles. The topological polar surface area (TPSA) is 74.6 Å². The number of carbonyl (C=O) groups is 2. The summed E-state index contributed by atoms with van der Waals surface area (Å²) in [4.78, 5) is 21.4. The summed E-state index contributed by atoms with van der Waals surface area (Å²) in [5.74, 6) is -1.47. The van der Waals surface area contributed by atoms with Crippen LogP contribution < -0.4 is 0 Å². The van der Waals surface area contributed by atoms with Crippen molar-refractivity contribution in [3.8, 4) is 16.9 Å². The molecule has 0 fully saturated rings. The van der Waals surface area contributed by atoms with Gasteiger partial charge in [0.2, 0.25) is 0 Å². The summed E-state index contributed by atoms with van der Waals surface area (Å²) in [6.45, 7) is 0. The van der Waals surface area contributed by atoms with Crippen molar-refractivity contribution in [3.05, 3.63) is 53.6 Å². The fourth-order valence-electron chi connectivity index (χ4n) is 1.68. The number of phenols is 1. The molecule has 0 aliphatic heterocycles. The largest absolute Gasteiger partial charge is 0.507 e. The highest BCUT2D eigenvalue weighted by molar-refractivity contribution is 5.92. The van der Waals surface area contributed by atoms with E-state index in [0.29, 0.717) is 11.1 Å². The number of rotatable bonds is 3. The van der Waals surface area contributed by atoms with Crippen molar-refractivity contribution in [2.45, 2.75) is 0 Å². The lowest BCUT2D eigenvalue weighted by Gasteiger charge is -2.05. The zero-order valence-electron chi connectivity index (χ0n) is 9.33. The zero-order chi connectivity index (χ0) is 13.1. The zero-order valence-corrected chi connectivity index (χ0v) is 9.33. The van der Waals surface area contributed by atoms with E-state index in [2.05, 4.69) is 0 Å². The molecule has 4 heteroatoms. The Balaban J connectivity index is 2.48. The summed E-state index contributed by atoms with van der Waals surface area (Å²) in [6, 6.07) is 11.1. The van der Waals surface area contributed by atoms with Crippen molar-refractivity contribution in [3.63, 3.8) is 0 Å². The van der Waals surface area contributed by atoms with Crippen LogP contribution in [0.15, 0.2) is 42.5 Å². The van der Waals surface area contributed by atoms with Crippen LogP contribution >= 0.6 is 0 Å². The van der Waals surface area contributed by atoms with Gasteiger partial charge in [-0.05, 0) is 29.3 Å². The third-order valence-corrected chi connectivity index (χ3v) is 2.58. The molecule has 0 saturated heterocycles. The minimum Gasteiger partial charge on any atom is -0.507 e. The van der Waals surface area contributed by atoms with Gasteiger partial charge in [-0.25, -0.2) is 4.79 Å². The molecule has 0 unspecified atom stereocenters. The molecule has 0 aliphatic carbocycles. The molecule has 2 aromatic carbocycles. The van der Waals surface area contributed by atoms with E-state index in [4.69, 9.17) is 5.11 Å². The summed E-state index contributed by atoms with van der Waals surface area (Å²) >= 11 is 0. The second-order valence-electron chi connectivity index (χ2n) is 3.78. The molecule has 0 atom stereocenters. The van der Waals surface area contributed by atoms with Crippen LogP contribution in [0.2, 0.25) is 0 Å². The first kappa shape index (κ1) is 11.9. The third-order valence-electron chi connectivity index (χ3n) is 2.58. The van der Waals surface area contributed by atoms with Crippen LogP contribution in [0.5, 0.6) is 5.75 Å². The lowest BCUT2D eigenvalue weighted by atomic mass is 10.0. The van der Waals surface area contributed by atoms with E-state index in [9.17, 15) is 14.7 Å². The summed E-state index contributed by atoms with van der Waals surface area (Å²) in [7, 11) is 0. The van der Waals surface area contributed by atoms with Gasteiger partial charge in [0.15, 0.2) is 0 Å². The Hall–Kier alpha value is -2.62. The molecule has 0 aliphatic rings. The SMILES string of the molecule is O=Cc1cccc(-c2ccc(C(=O)O)c(O)c2)c1. The molecule has 0 aromatic heterocycles. The normalized spacial score (nSPS) is 10.0. The van der Waals surface area contributed by atoms with Gasteiger partial charge in [0.25, 0.3) is 0 Å². The van der Waals surface area contributed by atoms with Gasteiger partial charge in [-0.15, -0.1) is 0 Å². The van der Waals surface area contributed by atoms with E-state index < -0.39 is 5.97 Å². The predicted molar refractivity (Wildman–Crippen MR) is 65.9 cm³/mol. The van der Waals surface area contributed by atoms with Crippen LogP contribution in [0, 0.1) is 0 Å². The molecule has 4 nitrogen and oxygen atoms in total. The monoisotopic (exact) mass is 242 g/mol. The smallest absolute Gasteiger partial charge is 0.339 e. The van der Waals surface area contributed by atoms with Crippen LogP contribution in [0.4, 0.5) is 0 Å². The average Bonchev–Trinajstić information content (AvgIpc) is 2.38. The second kappa shape index (κ2) is 4.71. The Bertz CT molecular complexity index is 617. The van der Waals surface area contributed by atoms with Crippen LogP contribution in [0.3, 0.4) is 0 Å². The molecule has 0 saturated carbocycles. The van der Waals surface area contributed by atoms with Gasteiger partial charge in [-0.1, -0.05) is 24.3 Å². The molecule has 18 heavy (non-hydrogen) atoms. The van der Waals surface area contributed by atoms with Crippen molar-refractivity contribution in [1.82, 2.24) is 0 Å². The number of carbonyl (C=O) groups excluding carboxylic acids is 1. The fraction of sp³-hybridized carbons (Fsp3) is 0. The maximum atomic E-state index is 10.8. The molecular formula is C14H10O4. The van der Waals surface area contributed by atoms with Crippen molar-refractivity contribution in [2.75, 3.05) is 0 Å². The Morgan fingerprint density at radius 3 is 2.39 bits per heavy atom. The molecule has 2 rings (SSSR count). The lowest BCUT2D eigenvalue weighted by Crippen LogP contribution is -1.96.